The highest BCUT2D eigenvalue weighted by atomic mass is 32.2. The number of anilines is 1. The number of alkyl halides is 3. The number of amides is 2. The van der Waals surface area contributed by atoms with Gasteiger partial charge in [0, 0.05) is 17.8 Å². The van der Waals surface area contributed by atoms with Crippen molar-refractivity contribution in [2.45, 2.75) is 74.4 Å². The highest BCUT2D eigenvalue weighted by molar-refractivity contribution is 7.92. The molecule has 15 heteroatoms. The molecule has 3 aliphatic carbocycles. The number of ether oxygens (including phenoxy) is 2. The van der Waals surface area contributed by atoms with Gasteiger partial charge in [-0.05, 0) is 88.0 Å². The molecule has 3 N–H and O–H groups in total. The molecular weight excluding hydrogens is 636 g/mol. The number of carbonyl (C=O) groups is 3. The molecule has 0 saturated heterocycles. The van der Waals surface area contributed by atoms with Gasteiger partial charge in [-0.25, -0.2) is 12.8 Å². The summed E-state index contributed by atoms with van der Waals surface area (Å²) in [5.41, 5.74) is -6.59. The normalized spacial score (nSPS) is 27.6. The van der Waals surface area contributed by atoms with Crippen LogP contribution < -0.4 is 20.1 Å². The summed E-state index contributed by atoms with van der Waals surface area (Å²) in [6, 6.07) is 5.44. The van der Waals surface area contributed by atoms with Gasteiger partial charge in [0.05, 0.1) is 35.0 Å². The summed E-state index contributed by atoms with van der Waals surface area (Å²) in [7, 11) is -4.37. The van der Waals surface area contributed by atoms with E-state index in [1.807, 2.05) is 0 Å². The summed E-state index contributed by atoms with van der Waals surface area (Å²) in [6.45, 7) is 1.65. The van der Waals surface area contributed by atoms with Crippen LogP contribution in [0.5, 0.6) is 11.5 Å². The lowest BCUT2D eigenvalue weighted by atomic mass is 9.75. The summed E-state index contributed by atoms with van der Waals surface area (Å²) in [5, 5.41) is 14.9. The number of hydrogen-bond acceptors (Lipinski definition) is 7. The largest absolute Gasteiger partial charge is 0.501 e. The quantitative estimate of drug-likeness (QED) is 0.304. The van der Waals surface area contributed by atoms with Gasteiger partial charge in [-0.1, -0.05) is 6.07 Å². The van der Waals surface area contributed by atoms with Crippen molar-refractivity contribution >= 4 is 33.3 Å². The Labute approximate surface area is 262 Å². The number of aliphatic carboxylic acids is 1. The van der Waals surface area contributed by atoms with Crippen LogP contribution in [0.2, 0.25) is 0 Å². The van der Waals surface area contributed by atoms with Gasteiger partial charge in [-0.3, -0.25) is 14.4 Å². The van der Waals surface area contributed by atoms with Crippen molar-refractivity contribution in [1.29, 1.82) is 0 Å². The predicted molar refractivity (Wildman–Crippen MR) is 155 cm³/mol. The molecule has 3 aliphatic rings. The molecule has 3 fully saturated rings. The zero-order chi connectivity index (χ0) is 33.6. The molecule has 0 heterocycles. The summed E-state index contributed by atoms with van der Waals surface area (Å²) < 4.78 is 89.1. The second-order valence-corrected chi connectivity index (χ2v) is 14.4. The van der Waals surface area contributed by atoms with E-state index >= 15 is 4.39 Å². The predicted octanol–water partition coefficient (Wildman–Crippen LogP) is 5.32. The minimum absolute atomic E-state index is 0.0444. The maximum atomic E-state index is 15.0. The zero-order valence-electron chi connectivity index (χ0n) is 25.0. The van der Waals surface area contributed by atoms with Crippen LogP contribution in [0.1, 0.15) is 62.2 Å². The topological polar surface area (TPSA) is 148 Å². The molecule has 0 spiro atoms. The van der Waals surface area contributed by atoms with E-state index in [0.29, 0.717) is 38.5 Å². The SMILES string of the molecule is COc1cc(F)c(O[C@H]2CC[C@@](C)(C(=O)O)CC2)cc1C(=O)N[C@@H]1[C@H]2CC[C@H](C2)[C@@H]1C(=O)Nc1cccc(S(=O)(=O)C(F)(F)F)c1. The first-order chi connectivity index (χ1) is 21.5. The molecule has 2 aromatic rings. The molecule has 0 radical (unpaired) electrons. The minimum atomic E-state index is -5.63. The van der Waals surface area contributed by atoms with Crippen LogP contribution in [-0.4, -0.2) is 56.1 Å². The average molecular weight is 671 g/mol. The maximum Gasteiger partial charge on any atom is 0.501 e. The van der Waals surface area contributed by atoms with Gasteiger partial charge in [0.2, 0.25) is 5.91 Å². The summed E-state index contributed by atoms with van der Waals surface area (Å²) in [4.78, 5) is 37.6. The molecule has 3 saturated carbocycles. The van der Waals surface area contributed by atoms with Crippen LogP contribution >= 0.6 is 0 Å². The molecule has 0 unspecified atom stereocenters. The molecular formula is C31H34F4N2O8S. The molecule has 0 aliphatic heterocycles. The number of carbonyl (C=O) groups excluding carboxylic acids is 2. The molecule has 2 bridgehead atoms. The van der Waals surface area contributed by atoms with Gasteiger partial charge >= 0.3 is 11.5 Å². The van der Waals surface area contributed by atoms with E-state index in [1.54, 1.807) is 6.92 Å². The number of carboxylic acid groups (broad SMARTS) is 1. The van der Waals surface area contributed by atoms with E-state index in [-0.39, 0.29) is 34.6 Å². The first-order valence-corrected chi connectivity index (χ1v) is 16.3. The van der Waals surface area contributed by atoms with Crippen molar-refractivity contribution in [2.75, 3.05) is 12.4 Å². The second-order valence-electron chi connectivity index (χ2n) is 12.5. The van der Waals surface area contributed by atoms with Gasteiger partial charge in [0.15, 0.2) is 11.6 Å². The monoisotopic (exact) mass is 670 g/mol. The average Bonchev–Trinajstić information content (AvgIpc) is 3.60. The number of fused-ring (bicyclic) bond motifs is 2. The summed E-state index contributed by atoms with van der Waals surface area (Å²) in [6.07, 6.45) is 3.02. The van der Waals surface area contributed by atoms with Crippen LogP contribution in [-0.2, 0) is 19.4 Å². The number of benzene rings is 2. The van der Waals surface area contributed by atoms with E-state index in [0.717, 1.165) is 30.7 Å². The van der Waals surface area contributed by atoms with Crippen molar-refractivity contribution in [3.63, 3.8) is 0 Å². The van der Waals surface area contributed by atoms with Gasteiger partial charge in [0.1, 0.15) is 5.75 Å². The molecule has 250 valence electrons. The van der Waals surface area contributed by atoms with E-state index in [9.17, 15) is 41.1 Å². The Morgan fingerprint density at radius 3 is 2.30 bits per heavy atom. The Morgan fingerprint density at radius 2 is 1.67 bits per heavy atom. The Morgan fingerprint density at radius 1 is 1.00 bits per heavy atom. The van der Waals surface area contributed by atoms with Crippen LogP contribution in [0.25, 0.3) is 0 Å². The van der Waals surface area contributed by atoms with Crippen LogP contribution in [0.15, 0.2) is 41.3 Å². The van der Waals surface area contributed by atoms with E-state index in [2.05, 4.69) is 10.6 Å². The molecule has 2 aromatic carbocycles. The molecule has 2 amide bonds. The van der Waals surface area contributed by atoms with E-state index in [1.165, 1.54) is 19.2 Å². The molecule has 0 aromatic heterocycles. The fraction of sp³-hybridized carbons (Fsp3) is 0.516. The van der Waals surface area contributed by atoms with Crippen molar-refractivity contribution < 1.29 is 54.9 Å². The maximum absolute atomic E-state index is 15.0. The number of methoxy groups -OCH3 is 1. The third-order valence-electron chi connectivity index (χ3n) is 9.58. The standard InChI is InChI=1S/C31H34F4N2O8S/c1-30(29(40)41)10-8-19(9-11-30)45-24-14-21(23(44-2)15-22(24)32)27(38)37-26-17-7-6-16(12-17)25(26)28(39)36-18-4-3-5-20(13-18)46(42,43)31(33,34)35/h3-5,13-17,19,25-26H,6-12H2,1-2H3,(H,36,39)(H,37,38)(H,40,41)/t16-,17+,19-,25+,26-,30+/m1/s1. The van der Waals surface area contributed by atoms with Crippen molar-refractivity contribution in [3.8, 4) is 11.5 Å². The Hall–Kier alpha value is -3.88. The lowest BCUT2D eigenvalue weighted by Crippen LogP contribution is -2.48. The Kier molecular flexibility index (Phi) is 9.01. The third-order valence-corrected chi connectivity index (χ3v) is 11.1. The lowest BCUT2D eigenvalue weighted by Gasteiger charge is -2.34. The minimum Gasteiger partial charge on any atom is -0.496 e. The highest BCUT2D eigenvalue weighted by Gasteiger charge is 2.52. The van der Waals surface area contributed by atoms with Crippen LogP contribution in [0, 0.1) is 29.0 Å². The van der Waals surface area contributed by atoms with Crippen molar-refractivity contribution in [1.82, 2.24) is 5.32 Å². The number of carboxylic acids is 1. The molecule has 5 rings (SSSR count). The van der Waals surface area contributed by atoms with Crippen LogP contribution in [0.3, 0.4) is 0 Å². The van der Waals surface area contributed by atoms with Gasteiger partial charge in [-0.15, -0.1) is 0 Å². The number of halogens is 4. The number of sulfone groups is 1. The molecule has 4 atom stereocenters. The van der Waals surface area contributed by atoms with Gasteiger partial charge < -0.3 is 25.2 Å². The number of hydrogen-bond donors (Lipinski definition) is 3. The van der Waals surface area contributed by atoms with Gasteiger partial charge in [0.25, 0.3) is 15.7 Å². The fourth-order valence-corrected chi connectivity index (χ4v) is 7.72. The second kappa shape index (κ2) is 12.4. The Balaban J connectivity index is 1.32. The van der Waals surface area contributed by atoms with Crippen molar-refractivity contribution in [2.24, 2.45) is 23.2 Å². The van der Waals surface area contributed by atoms with Gasteiger partial charge in [-0.2, -0.15) is 13.2 Å². The zero-order valence-corrected chi connectivity index (χ0v) is 25.8. The van der Waals surface area contributed by atoms with E-state index < -0.39 is 67.3 Å². The first kappa shape index (κ1) is 33.5. The fourth-order valence-electron chi connectivity index (χ4n) is 6.92. The Bertz CT molecular complexity index is 1640. The molecule has 10 nitrogen and oxygen atoms in total. The van der Waals surface area contributed by atoms with E-state index in [4.69, 9.17) is 9.47 Å². The summed E-state index contributed by atoms with van der Waals surface area (Å²) >= 11 is 0. The lowest BCUT2D eigenvalue weighted by molar-refractivity contribution is -0.150. The smallest absolute Gasteiger partial charge is 0.496 e. The molecule has 46 heavy (non-hydrogen) atoms. The summed E-state index contributed by atoms with van der Waals surface area (Å²) in [5.74, 6) is -4.16. The number of nitrogens with one attached hydrogen (secondary N) is 2. The van der Waals surface area contributed by atoms with Crippen LogP contribution in [0.4, 0.5) is 23.2 Å². The first-order valence-electron chi connectivity index (χ1n) is 14.8. The number of rotatable bonds is 9. The van der Waals surface area contributed by atoms with Crippen molar-refractivity contribution in [3.05, 3.63) is 47.8 Å². The third kappa shape index (κ3) is 6.38. The highest BCUT2D eigenvalue weighted by Crippen LogP contribution is 2.49.